The number of carbonyl (C=O) groups is 5. The SMILES string of the molecule is CC(=O)Nc1nc(CCc2ccc(NC(NC(=O)O)(N(C(=O)O)C(C)(C)C)C(C)(C)C)cc2)c(C(=O)NCCCCCC(=O)N(C)C)s1. The van der Waals surface area contributed by atoms with Crippen molar-refractivity contribution in [3.8, 4) is 0 Å². The molecular weight excluding hydrogens is 638 g/mol. The highest BCUT2D eigenvalue weighted by Gasteiger charge is 2.54. The van der Waals surface area contributed by atoms with Gasteiger partial charge in [0.2, 0.25) is 17.6 Å². The summed E-state index contributed by atoms with van der Waals surface area (Å²) in [6.07, 6.45) is 0.943. The topological polar surface area (TPSA) is 193 Å². The summed E-state index contributed by atoms with van der Waals surface area (Å²) in [4.78, 5) is 68.6. The van der Waals surface area contributed by atoms with E-state index in [1.54, 1.807) is 72.7 Å². The van der Waals surface area contributed by atoms with Gasteiger partial charge in [-0.05, 0) is 64.2 Å². The highest BCUT2D eigenvalue weighted by atomic mass is 32.1. The zero-order chi connectivity index (χ0) is 36.4. The second-order valence-electron chi connectivity index (χ2n) is 13.8. The van der Waals surface area contributed by atoms with Gasteiger partial charge in [0.05, 0.1) is 5.69 Å². The lowest BCUT2D eigenvalue weighted by molar-refractivity contribution is -0.128. The number of carbonyl (C=O) groups excluding carboxylic acids is 3. The number of amides is 5. The van der Waals surface area contributed by atoms with Gasteiger partial charge in [-0.15, -0.1) is 0 Å². The Labute approximate surface area is 286 Å². The van der Waals surface area contributed by atoms with Crippen molar-refractivity contribution in [1.82, 2.24) is 25.4 Å². The fraction of sp³-hybridized carbons (Fsp3) is 0.576. The Kier molecular flexibility index (Phi) is 13.8. The summed E-state index contributed by atoms with van der Waals surface area (Å²) in [5, 5.41) is 31.6. The van der Waals surface area contributed by atoms with E-state index in [0.29, 0.717) is 47.2 Å². The molecule has 1 atom stereocenters. The predicted molar refractivity (Wildman–Crippen MR) is 186 cm³/mol. The predicted octanol–water partition coefficient (Wildman–Crippen LogP) is 5.42. The summed E-state index contributed by atoms with van der Waals surface area (Å²) in [5.74, 6) is -2.25. The Morgan fingerprint density at radius 2 is 1.52 bits per heavy atom. The maximum Gasteiger partial charge on any atom is 0.411 e. The van der Waals surface area contributed by atoms with Crippen molar-refractivity contribution >= 4 is 52.1 Å². The lowest BCUT2D eigenvalue weighted by Gasteiger charge is -2.55. The van der Waals surface area contributed by atoms with Crippen molar-refractivity contribution in [2.75, 3.05) is 31.3 Å². The van der Waals surface area contributed by atoms with Crippen molar-refractivity contribution in [1.29, 1.82) is 0 Å². The summed E-state index contributed by atoms with van der Waals surface area (Å²) in [6, 6.07) is 7.15. The number of aryl methyl sites for hydroxylation is 2. The van der Waals surface area contributed by atoms with Crippen LogP contribution in [-0.4, -0.2) is 86.9 Å². The minimum absolute atomic E-state index is 0.0725. The summed E-state index contributed by atoms with van der Waals surface area (Å²) < 4.78 is 0. The maximum atomic E-state index is 13.1. The molecule has 0 aliphatic heterocycles. The zero-order valence-corrected chi connectivity index (χ0v) is 30.3. The number of hydrogen-bond acceptors (Lipinski definition) is 8. The molecule has 15 heteroatoms. The van der Waals surface area contributed by atoms with Crippen LogP contribution in [0.15, 0.2) is 24.3 Å². The van der Waals surface area contributed by atoms with Crippen LogP contribution in [-0.2, 0) is 22.4 Å². The molecule has 0 fully saturated rings. The Morgan fingerprint density at radius 1 is 0.896 bits per heavy atom. The first-order valence-corrected chi connectivity index (χ1v) is 16.7. The van der Waals surface area contributed by atoms with Crippen LogP contribution in [0.5, 0.6) is 0 Å². The molecule has 5 amide bonds. The molecule has 0 bridgehead atoms. The molecule has 0 aliphatic rings. The van der Waals surface area contributed by atoms with Gasteiger partial charge in [0.25, 0.3) is 5.91 Å². The number of nitrogens with one attached hydrogen (secondary N) is 4. The second kappa shape index (κ2) is 16.6. The standard InChI is InChI=1S/C33H51N7O7S/c1-21(41)35-28-36-24(26(48-28)27(43)34-20-12-10-11-13-25(42)39(8)9)19-16-22-14-17-23(18-15-22)37-33(31(2,3)4,38-29(44)45)40(30(46)47)32(5,6)7/h14-15,17-18,37-38H,10-13,16,19-20H2,1-9H3,(H,34,43)(H,44,45)(H,46,47)(H,35,36,41). The number of nitrogens with zero attached hydrogens (tertiary/aromatic N) is 3. The molecule has 0 aliphatic carbocycles. The van der Waals surface area contributed by atoms with Crippen LogP contribution in [0.3, 0.4) is 0 Å². The van der Waals surface area contributed by atoms with Gasteiger partial charge in [0.1, 0.15) is 4.88 Å². The number of unbranched alkanes of at least 4 members (excludes halogenated alkanes) is 2. The number of carboxylic acid groups (broad SMARTS) is 2. The zero-order valence-electron chi connectivity index (χ0n) is 29.4. The third-order valence-corrected chi connectivity index (χ3v) is 8.55. The summed E-state index contributed by atoms with van der Waals surface area (Å²) >= 11 is 1.11. The average Bonchev–Trinajstić information content (AvgIpc) is 3.34. The molecule has 266 valence electrons. The lowest BCUT2D eigenvalue weighted by Crippen LogP contribution is -2.76. The van der Waals surface area contributed by atoms with E-state index in [1.165, 1.54) is 6.92 Å². The molecule has 0 radical (unpaired) electrons. The molecule has 1 aromatic heterocycles. The first-order valence-electron chi connectivity index (χ1n) is 15.8. The molecule has 48 heavy (non-hydrogen) atoms. The monoisotopic (exact) mass is 689 g/mol. The number of aromatic nitrogens is 1. The molecule has 14 nitrogen and oxygen atoms in total. The van der Waals surface area contributed by atoms with E-state index in [1.807, 2.05) is 12.1 Å². The van der Waals surface area contributed by atoms with Crippen LogP contribution < -0.4 is 21.3 Å². The van der Waals surface area contributed by atoms with Gasteiger partial charge < -0.3 is 31.1 Å². The Bertz CT molecular complexity index is 1450. The molecule has 2 rings (SSSR count). The number of benzene rings is 1. The van der Waals surface area contributed by atoms with Crippen LogP contribution in [0.1, 0.15) is 95.1 Å². The smallest absolute Gasteiger partial charge is 0.411 e. The molecule has 0 saturated heterocycles. The van der Waals surface area contributed by atoms with Gasteiger partial charge in [-0.1, -0.05) is 50.7 Å². The minimum atomic E-state index is -1.74. The lowest BCUT2D eigenvalue weighted by atomic mass is 9.82. The Hall–Kier alpha value is -4.40. The van der Waals surface area contributed by atoms with Crippen molar-refractivity contribution < 1.29 is 34.2 Å². The largest absolute Gasteiger partial charge is 0.465 e. The van der Waals surface area contributed by atoms with Crippen molar-refractivity contribution in [2.45, 2.75) is 98.3 Å². The average molecular weight is 690 g/mol. The van der Waals surface area contributed by atoms with Crippen LogP contribution in [0.25, 0.3) is 0 Å². The molecule has 0 saturated carbocycles. The normalized spacial score (nSPS) is 12.8. The van der Waals surface area contributed by atoms with Crippen molar-refractivity contribution in [3.63, 3.8) is 0 Å². The molecule has 1 heterocycles. The highest BCUT2D eigenvalue weighted by Crippen LogP contribution is 2.39. The summed E-state index contributed by atoms with van der Waals surface area (Å²) in [7, 11) is 3.45. The van der Waals surface area contributed by atoms with Crippen LogP contribution in [0.4, 0.5) is 20.4 Å². The number of thiazole rings is 1. The van der Waals surface area contributed by atoms with Crippen LogP contribution in [0, 0.1) is 5.41 Å². The molecule has 0 spiro atoms. The number of anilines is 2. The van der Waals surface area contributed by atoms with Crippen molar-refractivity contribution in [3.05, 3.63) is 40.4 Å². The van der Waals surface area contributed by atoms with Crippen LogP contribution in [0.2, 0.25) is 0 Å². The molecule has 1 unspecified atom stereocenters. The summed E-state index contributed by atoms with van der Waals surface area (Å²) in [6.45, 7) is 12.1. The van der Waals surface area contributed by atoms with E-state index in [-0.39, 0.29) is 17.7 Å². The molecule has 6 N–H and O–H groups in total. The summed E-state index contributed by atoms with van der Waals surface area (Å²) in [5.41, 5.74) is 0.0138. The molecular formula is C33H51N7O7S. The van der Waals surface area contributed by atoms with Gasteiger partial charge in [-0.25, -0.2) is 14.6 Å². The van der Waals surface area contributed by atoms with Gasteiger partial charge in [-0.2, -0.15) is 0 Å². The van der Waals surface area contributed by atoms with Gasteiger partial charge in [0, 0.05) is 50.6 Å². The van der Waals surface area contributed by atoms with Crippen molar-refractivity contribution in [2.24, 2.45) is 5.41 Å². The van der Waals surface area contributed by atoms with Gasteiger partial charge in [-0.3, -0.25) is 24.6 Å². The number of hydrogen-bond donors (Lipinski definition) is 6. The minimum Gasteiger partial charge on any atom is -0.465 e. The molecule has 2 aromatic rings. The van der Waals surface area contributed by atoms with E-state index >= 15 is 0 Å². The van der Waals surface area contributed by atoms with Crippen LogP contribution >= 0.6 is 11.3 Å². The Balaban J connectivity index is 2.22. The van der Waals surface area contributed by atoms with Gasteiger partial charge >= 0.3 is 12.2 Å². The fourth-order valence-electron chi connectivity index (χ4n) is 5.15. The molecule has 1 aromatic carbocycles. The van der Waals surface area contributed by atoms with E-state index < -0.39 is 28.9 Å². The Morgan fingerprint density at radius 3 is 2.02 bits per heavy atom. The van der Waals surface area contributed by atoms with E-state index in [0.717, 1.165) is 41.1 Å². The number of rotatable bonds is 15. The van der Waals surface area contributed by atoms with E-state index in [9.17, 15) is 34.2 Å². The maximum absolute atomic E-state index is 13.1. The third kappa shape index (κ3) is 11.1. The second-order valence-corrected chi connectivity index (χ2v) is 14.8. The van der Waals surface area contributed by atoms with E-state index in [4.69, 9.17) is 0 Å². The first kappa shape index (κ1) is 39.8. The van der Waals surface area contributed by atoms with E-state index in [2.05, 4.69) is 26.3 Å². The quantitative estimate of drug-likeness (QED) is 0.105. The fourth-order valence-corrected chi connectivity index (χ4v) is 6.13. The van der Waals surface area contributed by atoms with Gasteiger partial charge in [0.15, 0.2) is 5.13 Å². The third-order valence-electron chi connectivity index (χ3n) is 7.54. The first-order chi connectivity index (χ1) is 22.2. The highest BCUT2D eigenvalue weighted by molar-refractivity contribution is 7.17.